The fraction of sp³-hybridized carbons (Fsp3) is 0.500. The highest BCUT2D eigenvalue weighted by molar-refractivity contribution is 5.94. The largest absolute Gasteiger partial charge is 0.480 e. The zero-order valence-corrected chi connectivity index (χ0v) is 8.84. The predicted octanol–water partition coefficient (Wildman–Crippen LogP) is 0.672. The Bertz CT molecular complexity index is 426. The minimum absolute atomic E-state index is 0.102. The number of carboxylic acids is 1. The Morgan fingerprint density at radius 1 is 1.62 bits per heavy atom. The highest BCUT2D eigenvalue weighted by atomic mass is 16.5. The number of likely N-dealkylation sites (tertiary alicyclic amines) is 1. The third-order valence-electron chi connectivity index (χ3n) is 2.64. The Morgan fingerprint density at radius 3 is 2.94 bits per heavy atom. The summed E-state index contributed by atoms with van der Waals surface area (Å²) in [5.41, 5.74) is 0.606. The average molecular weight is 224 g/mol. The number of carbonyl (C=O) groups excluding carboxylic acids is 1. The van der Waals surface area contributed by atoms with E-state index in [1.54, 1.807) is 6.92 Å². The molecule has 0 unspecified atom stereocenters. The van der Waals surface area contributed by atoms with Crippen LogP contribution in [-0.2, 0) is 4.79 Å². The third kappa shape index (κ3) is 1.78. The standard InChI is InChI=1S/C10H12N2O4/c1-6-5-8(16-11-6)9(13)12-4-2-3-7(12)10(14)15/h5,7H,2-4H2,1H3,(H,14,15)/t7-/m0/s1. The molecule has 2 rings (SSSR count). The highest BCUT2D eigenvalue weighted by Crippen LogP contribution is 2.20. The van der Waals surface area contributed by atoms with E-state index in [9.17, 15) is 9.59 Å². The van der Waals surface area contributed by atoms with Crippen LogP contribution in [0.4, 0.5) is 0 Å². The molecule has 1 aliphatic heterocycles. The van der Waals surface area contributed by atoms with Gasteiger partial charge in [0.05, 0.1) is 5.69 Å². The van der Waals surface area contributed by atoms with Crippen molar-refractivity contribution in [1.29, 1.82) is 0 Å². The van der Waals surface area contributed by atoms with Gasteiger partial charge in [0.2, 0.25) is 5.76 Å². The maximum absolute atomic E-state index is 11.9. The lowest BCUT2D eigenvalue weighted by Crippen LogP contribution is -2.40. The molecule has 1 atom stereocenters. The molecule has 1 N–H and O–H groups in total. The zero-order valence-electron chi connectivity index (χ0n) is 8.84. The Morgan fingerprint density at radius 2 is 2.38 bits per heavy atom. The van der Waals surface area contributed by atoms with Crippen molar-refractivity contribution in [3.8, 4) is 0 Å². The van der Waals surface area contributed by atoms with Crippen molar-refractivity contribution >= 4 is 11.9 Å². The summed E-state index contributed by atoms with van der Waals surface area (Å²) >= 11 is 0. The van der Waals surface area contributed by atoms with Gasteiger partial charge in [0.1, 0.15) is 6.04 Å². The van der Waals surface area contributed by atoms with Gasteiger partial charge in [-0.1, -0.05) is 5.16 Å². The molecular weight excluding hydrogens is 212 g/mol. The molecule has 0 spiro atoms. The maximum Gasteiger partial charge on any atom is 0.326 e. The fourth-order valence-electron chi connectivity index (χ4n) is 1.87. The second kappa shape index (κ2) is 3.96. The lowest BCUT2D eigenvalue weighted by molar-refractivity contribution is -0.141. The lowest BCUT2D eigenvalue weighted by Gasteiger charge is -2.19. The molecule has 0 saturated carbocycles. The number of rotatable bonds is 2. The summed E-state index contributed by atoms with van der Waals surface area (Å²) in [6, 6.07) is 0.775. The van der Waals surface area contributed by atoms with Gasteiger partial charge in [-0.05, 0) is 19.8 Å². The highest BCUT2D eigenvalue weighted by Gasteiger charge is 2.35. The van der Waals surface area contributed by atoms with E-state index in [1.165, 1.54) is 11.0 Å². The van der Waals surface area contributed by atoms with Gasteiger partial charge in [0.15, 0.2) is 0 Å². The number of aliphatic carboxylic acids is 1. The first kappa shape index (κ1) is 10.7. The van der Waals surface area contributed by atoms with Gasteiger partial charge in [-0.3, -0.25) is 4.79 Å². The normalized spacial score (nSPS) is 20.1. The van der Waals surface area contributed by atoms with Crippen LogP contribution in [0.1, 0.15) is 29.1 Å². The van der Waals surface area contributed by atoms with Gasteiger partial charge in [-0.2, -0.15) is 0 Å². The average Bonchev–Trinajstić information content (AvgIpc) is 2.84. The van der Waals surface area contributed by atoms with Gasteiger partial charge >= 0.3 is 5.97 Å². The van der Waals surface area contributed by atoms with Gasteiger partial charge in [-0.15, -0.1) is 0 Å². The number of nitrogens with zero attached hydrogens (tertiary/aromatic N) is 2. The first-order valence-corrected chi connectivity index (χ1v) is 5.06. The van der Waals surface area contributed by atoms with E-state index in [1.807, 2.05) is 0 Å². The van der Waals surface area contributed by atoms with E-state index in [0.717, 1.165) is 0 Å². The second-order valence-electron chi connectivity index (χ2n) is 3.83. The van der Waals surface area contributed by atoms with E-state index >= 15 is 0 Å². The van der Waals surface area contributed by atoms with E-state index in [4.69, 9.17) is 9.63 Å². The molecule has 2 heterocycles. The van der Waals surface area contributed by atoms with Crippen LogP contribution in [0.3, 0.4) is 0 Å². The summed E-state index contributed by atoms with van der Waals surface area (Å²) in [4.78, 5) is 24.1. The number of carbonyl (C=O) groups is 2. The zero-order chi connectivity index (χ0) is 11.7. The van der Waals surface area contributed by atoms with Crippen molar-refractivity contribution in [2.24, 2.45) is 0 Å². The van der Waals surface area contributed by atoms with E-state index in [0.29, 0.717) is 25.1 Å². The predicted molar refractivity (Wildman–Crippen MR) is 52.9 cm³/mol. The van der Waals surface area contributed by atoms with Crippen LogP contribution < -0.4 is 0 Å². The molecule has 1 amide bonds. The first-order chi connectivity index (χ1) is 7.59. The topological polar surface area (TPSA) is 83.6 Å². The molecule has 1 aromatic rings. The van der Waals surface area contributed by atoms with Crippen LogP contribution in [0.5, 0.6) is 0 Å². The van der Waals surface area contributed by atoms with E-state index in [-0.39, 0.29) is 5.76 Å². The Hall–Kier alpha value is -1.85. The van der Waals surface area contributed by atoms with Crippen molar-refractivity contribution in [2.75, 3.05) is 6.54 Å². The summed E-state index contributed by atoms with van der Waals surface area (Å²) in [5.74, 6) is -1.27. The number of aromatic nitrogens is 1. The Labute approximate surface area is 91.8 Å². The number of amides is 1. The van der Waals surface area contributed by atoms with Crippen molar-refractivity contribution in [2.45, 2.75) is 25.8 Å². The summed E-state index contributed by atoms with van der Waals surface area (Å²) in [6.45, 7) is 2.16. The molecule has 6 heteroatoms. The van der Waals surface area contributed by atoms with Crippen LogP contribution in [-0.4, -0.2) is 39.6 Å². The molecule has 1 saturated heterocycles. The van der Waals surface area contributed by atoms with Gasteiger partial charge in [0, 0.05) is 12.6 Å². The number of carboxylic acid groups (broad SMARTS) is 1. The number of aryl methyl sites for hydroxylation is 1. The summed E-state index contributed by atoms with van der Waals surface area (Å²) in [7, 11) is 0. The van der Waals surface area contributed by atoms with Crippen LogP contribution >= 0.6 is 0 Å². The van der Waals surface area contributed by atoms with Gasteiger partial charge < -0.3 is 14.5 Å². The monoisotopic (exact) mass is 224 g/mol. The SMILES string of the molecule is Cc1cc(C(=O)N2CCC[C@H]2C(=O)O)on1. The summed E-state index contributed by atoms with van der Waals surface area (Å²) in [5, 5.41) is 12.6. The Balaban J connectivity index is 2.18. The molecule has 0 bridgehead atoms. The quantitative estimate of drug-likeness (QED) is 0.798. The number of hydrogen-bond donors (Lipinski definition) is 1. The minimum Gasteiger partial charge on any atom is -0.480 e. The molecule has 1 aromatic heterocycles. The summed E-state index contributed by atoms with van der Waals surface area (Å²) < 4.78 is 4.83. The molecule has 86 valence electrons. The molecule has 0 aromatic carbocycles. The van der Waals surface area contributed by atoms with Crippen LogP contribution in [0.15, 0.2) is 10.6 Å². The molecular formula is C10H12N2O4. The molecule has 1 aliphatic rings. The summed E-state index contributed by atoms with van der Waals surface area (Å²) in [6.07, 6.45) is 1.20. The minimum atomic E-state index is -0.970. The van der Waals surface area contributed by atoms with Crippen LogP contribution in [0.2, 0.25) is 0 Å². The molecule has 1 fully saturated rings. The smallest absolute Gasteiger partial charge is 0.326 e. The van der Waals surface area contributed by atoms with Crippen LogP contribution in [0.25, 0.3) is 0 Å². The third-order valence-corrected chi connectivity index (χ3v) is 2.64. The van der Waals surface area contributed by atoms with E-state index in [2.05, 4.69) is 5.16 Å². The molecule has 6 nitrogen and oxygen atoms in total. The second-order valence-corrected chi connectivity index (χ2v) is 3.83. The molecule has 16 heavy (non-hydrogen) atoms. The van der Waals surface area contributed by atoms with Gasteiger partial charge in [0.25, 0.3) is 5.91 Å². The van der Waals surface area contributed by atoms with Crippen molar-refractivity contribution in [3.05, 3.63) is 17.5 Å². The van der Waals surface area contributed by atoms with Crippen LogP contribution in [0, 0.1) is 6.92 Å². The lowest BCUT2D eigenvalue weighted by atomic mass is 10.2. The fourth-order valence-corrected chi connectivity index (χ4v) is 1.87. The van der Waals surface area contributed by atoms with Crippen molar-refractivity contribution in [3.63, 3.8) is 0 Å². The van der Waals surface area contributed by atoms with Gasteiger partial charge in [-0.25, -0.2) is 4.79 Å². The first-order valence-electron chi connectivity index (χ1n) is 5.06. The van der Waals surface area contributed by atoms with E-state index < -0.39 is 17.9 Å². The van der Waals surface area contributed by atoms with Crippen molar-refractivity contribution in [1.82, 2.24) is 10.1 Å². The van der Waals surface area contributed by atoms with Crippen molar-refractivity contribution < 1.29 is 19.2 Å². The maximum atomic E-state index is 11.9. The number of hydrogen-bond acceptors (Lipinski definition) is 4. The molecule has 0 aliphatic carbocycles. The Kier molecular flexibility index (Phi) is 2.64. The molecule has 0 radical (unpaired) electrons.